The number of halogens is 2. The topological polar surface area (TPSA) is 12.0 Å². The molecule has 0 spiro atoms. The Morgan fingerprint density at radius 2 is 2.00 bits per heavy atom. The molecule has 108 valence electrons. The highest BCUT2D eigenvalue weighted by atomic mass is 79.9. The molecule has 1 aromatic carbocycles. The van der Waals surface area contributed by atoms with E-state index in [4.69, 9.17) is 11.6 Å². The van der Waals surface area contributed by atoms with Crippen LogP contribution >= 0.6 is 38.9 Å². The van der Waals surface area contributed by atoms with Gasteiger partial charge in [0.1, 0.15) is 0 Å². The van der Waals surface area contributed by atoms with E-state index in [1.807, 2.05) is 0 Å². The number of rotatable bonds is 5. The first kappa shape index (κ1) is 16.0. The van der Waals surface area contributed by atoms with Crippen LogP contribution in [0.3, 0.4) is 0 Å². The average Bonchev–Trinajstić information content (AvgIpc) is 2.82. The van der Waals surface area contributed by atoms with Crippen LogP contribution in [0.4, 0.5) is 0 Å². The molecule has 1 nitrogen and oxygen atoms in total. The lowest BCUT2D eigenvalue weighted by Gasteiger charge is -2.21. The van der Waals surface area contributed by atoms with Gasteiger partial charge in [-0.05, 0) is 76.9 Å². The van der Waals surface area contributed by atoms with Crippen LogP contribution in [0.2, 0.25) is 5.02 Å². The van der Waals surface area contributed by atoms with Crippen molar-refractivity contribution in [1.82, 2.24) is 5.32 Å². The summed E-state index contributed by atoms with van der Waals surface area (Å²) in [5.74, 6) is 0. The number of aryl methyl sites for hydroxylation is 2. The number of benzene rings is 1. The van der Waals surface area contributed by atoms with Crippen molar-refractivity contribution in [2.75, 3.05) is 6.54 Å². The third kappa shape index (κ3) is 3.45. The van der Waals surface area contributed by atoms with Crippen LogP contribution < -0.4 is 5.32 Å². The maximum absolute atomic E-state index is 6.49. The second kappa shape index (κ2) is 7.08. The molecule has 1 heterocycles. The van der Waals surface area contributed by atoms with E-state index in [0.717, 1.165) is 28.0 Å². The molecule has 2 aromatic rings. The molecule has 1 atom stereocenters. The molecule has 0 aliphatic rings. The number of hydrogen-bond acceptors (Lipinski definition) is 2. The second-order valence-corrected chi connectivity index (χ2v) is 7.19. The van der Waals surface area contributed by atoms with Gasteiger partial charge in [0.05, 0.1) is 6.04 Å². The van der Waals surface area contributed by atoms with Gasteiger partial charge in [0, 0.05) is 14.4 Å². The molecule has 1 N–H and O–H groups in total. The summed E-state index contributed by atoms with van der Waals surface area (Å²) in [4.78, 5) is 1.28. The first-order valence-electron chi connectivity index (χ1n) is 6.77. The molecule has 0 saturated carbocycles. The molecule has 4 heteroatoms. The van der Waals surface area contributed by atoms with Crippen LogP contribution in [0.25, 0.3) is 0 Å². The minimum Gasteiger partial charge on any atom is -0.306 e. The number of hydrogen-bond donors (Lipinski definition) is 1. The molecular formula is C16H19BrClNS. The van der Waals surface area contributed by atoms with Crippen molar-refractivity contribution in [3.8, 4) is 0 Å². The Kier molecular flexibility index (Phi) is 5.67. The van der Waals surface area contributed by atoms with E-state index in [1.165, 1.54) is 16.0 Å². The molecule has 20 heavy (non-hydrogen) atoms. The first-order valence-corrected chi connectivity index (χ1v) is 8.82. The van der Waals surface area contributed by atoms with E-state index in [-0.39, 0.29) is 6.04 Å². The van der Waals surface area contributed by atoms with Crippen molar-refractivity contribution in [1.29, 1.82) is 0 Å². The van der Waals surface area contributed by atoms with Crippen molar-refractivity contribution in [2.24, 2.45) is 0 Å². The maximum Gasteiger partial charge on any atom is 0.0697 e. The highest BCUT2D eigenvalue weighted by molar-refractivity contribution is 9.10. The molecule has 0 bridgehead atoms. The van der Waals surface area contributed by atoms with Gasteiger partial charge in [-0.15, -0.1) is 11.3 Å². The predicted molar refractivity (Wildman–Crippen MR) is 93.1 cm³/mol. The largest absolute Gasteiger partial charge is 0.306 e. The monoisotopic (exact) mass is 371 g/mol. The fourth-order valence-corrected chi connectivity index (χ4v) is 4.19. The van der Waals surface area contributed by atoms with Gasteiger partial charge in [0.25, 0.3) is 0 Å². The van der Waals surface area contributed by atoms with E-state index < -0.39 is 0 Å². The first-order chi connectivity index (χ1) is 9.54. The van der Waals surface area contributed by atoms with E-state index in [9.17, 15) is 0 Å². The van der Waals surface area contributed by atoms with Gasteiger partial charge in [0.15, 0.2) is 0 Å². The third-order valence-corrected chi connectivity index (χ3v) is 5.69. The van der Waals surface area contributed by atoms with E-state index in [0.29, 0.717) is 0 Å². The Bertz CT molecular complexity index is 594. The fourth-order valence-electron chi connectivity index (χ4n) is 2.17. The predicted octanol–water partition coefficient (Wildman–Crippen LogP) is 5.87. The summed E-state index contributed by atoms with van der Waals surface area (Å²) in [6.45, 7) is 7.38. The van der Waals surface area contributed by atoms with E-state index in [1.54, 1.807) is 11.3 Å². The summed E-state index contributed by atoms with van der Waals surface area (Å²) in [5, 5.41) is 6.55. The zero-order chi connectivity index (χ0) is 14.7. The molecular weight excluding hydrogens is 354 g/mol. The van der Waals surface area contributed by atoms with Crippen LogP contribution in [0, 0.1) is 13.8 Å². The van der Waals surface area contributed by atoms with Crippen LogP contribution in [0.15, 0.2) is 28.1 Å². The summed E-state index contributed by atoms with van der Waals surface area (Å²) in [5.41, 5.74) is 3.67. The van der Waals surface area contributed by atoms with Crippen molar-refractivity contribution in [3.63, 3.8) is 0 Å². The van der Waals surface area contributed by atoms with Crippen LogP contribution in [0.5, 0.6) is 0 Å². The lowest BCUT2D eigenvalue weighted by molar-refractivity contribution is 0.604. The Morgan fingerprint density at radius 1 is 1.30 bits per heavy atom. The third-order valence-electron chi connectivity index (χ3n) is 3.43. The Balaban J connectivity index is 2.46. The maximum atomic E-state index is 6.49. The Labute approximate surface area is 138 Å². The molecule has 0 aliphatic heterocycles. The molecule has 1 aromatic heterocycles. The van der Waals surface area contributed by atoms with Crippen molar-refractivity contribution in [2.45, 2.75) is 33.2 Å². The molecule has 0 fully saturated rings. The highest BCUT2D eigenvalue weighted by Crippen LogP contribution is 2.37. The molecule has 2 rings (SSSR count). The van der Waals surface area contributed by atoms with Gasteiger partial charge < -0.3 is 5.32 Å². The normalized spacial score (nSPS) is 12.7. The van der Waals surface area contributed by atoms with E-state index in [2.05, 4.69) is 65.6 Å². The Morgan fingerprint density at radius 3 is 2.60 bits per heavy atom. The molecule has 0 aliphatic carbocycles. The average molecular weight is 373 g/mol. The minimum absolute atomic E-state index is 0.149. The van der Waals surface area contributed by atoms with Crippen molar-refractivity contribution in [3.05, 3.63) is 54.6 Å². The zero-order valence-corrected chi connectivity index (χ0v) is 15.1. The van der Waals surface area contributed by atoms with Gasteiger partial charge in [-0.1, -0.05) is 24.6 Å². The fraction of sp³-hybridized carbons (Fsp3) is 0.375. The number of thiophene rings is 1. The van der Waals surface area contributed by atoms with E-state index >= 15 is 0 Å². The van der Waals surface area contributed by atoms with Gasteiger partial charge in [-0.25, -0.2) is 0 Å². The van der Waals surface area contributed by atoms with Gasteiger partial charge in [0.2, 0.25) is 0 Å². The number of nitrogens with one attached hydrogen (secondary N) is 1. The van der Waals surface area contributed by atoms with Gasteiger partial charge in [-0.2, -0.15) is 0 Å². The molecule has 0 radical (unpaired) electrons. The standard InChI is InChI=1S/C16H19BrClNS/c1-4-6-19-15(16-13(17)5-7-20-16)12-8-10(2)11(3)9-14(12)18/h5,7-9,15,19H,4,6H2,1-3H3. The van der Waals surface area contributed by atoms with Gasteiger partial charge >= 0.3 is 0 Å². The lowest BCUT2D eigenvalue weighted by atomic mass is 9.99. The summed E-state index contributed by atoms with van der Waals surface area (Å²) in [6, 6.07) is 6.51. The molecule has 0 saturated heterocycles. The summed E-state index contributed by atoms with van der Waals surface area (Å²) in [7, 11) is 0. The van der Waals surface area contributed by atoms with Gasteiger partial charge in [-0.3, -0.25) is 0 Å². The highest BCUT2D eigenvalue weighted by Gasteiger charge is 2.20. The van der Waals surface area contributed by atoms with Crippen LogP contribution in [0.1, 0.15) is 41.0 Å². The summed E-state index contributed by atoms with van der Waals surface area (Å²) >= 11 is 11.9. The van der Waals surface area contributed by atoms with Crippen molar-refractivity contribution < 1.29 is 0 Å². The van der Waals surface area contributed by atoms with Crippen molar-refractivity contribution >= 4 is 38.9 Å². The zero-order valence-electron chi connectivity index (χ0n) is 12.0. The summed E-state index contributed by atoms with van der Waals surface area (Å²) in [6.07, 6.45) is 1.10. The smallest absolute Gasteiger partial charge is 0.0697 e. The molecule has 1 unspecified atom stereocenters. The second-order valence-electron chi connectivity index (χ2n) is 4.98. The Hall–Kier alpha value is -0.350. The minimum atomic E-state index is 0.149. The van der Waals surface area contributed by atoms with Crippen LogP contribution in [-0.4, -0.2) is 6.54 Å². The lowest BCUT2D eigenvalue weighted by Crippen LogP contribution is -2.23. The summed E-state index contributed by atoms with van der Waals surface area (Å²) < 4.78 is 1.14. The molecule has 0 amide bonds. The quantitative estimate of drug-likeness (QED) is 0.692. The SMILES string of the molecule is CCCNC(c1cc(C)c(C)cc1Cl)c1sccc1Br. The van der Waals surface area contributed by atoms with Crippen LogP contribution in [-0.2, 0) is 0 Å².